The number of nitrogens with zero attached hydrogens (tertiary/aromatic N) is 4. The van der Waals surface area contributed by atoms with Gasteiger partial charge >= 0.3 is 0 Å². The predicted octanol–water partition coefficient (Wildman–Crippen LogP) is 4.93. The summed E-state index contributed by atoms with van der Waals surface area (Å²) in [6.45, 7) is 3.33. The Hall–Kier alpha value is -3.85. The van der Waals surface area contributed by atoms with Crippen LogP contribution in [0.1, 0.15) is 39.4 Å². The summed E-state index contributed by atoms with van der Waals surface area (Å²) in [5, 5.41) is 9.18. The van der Waals surface area contributed by atoms with Gasteiger partial charge in [0.2, 0.25) is 5.82 Å². The fourth-order valence-electron chi connectivity index (χ4n) is 4.01. The molecule has 0 bridgehead atoms. The van der Waals surface area contributed by atoms with Gasteiger partial charge in [-0.1, -0.05) is 12.1 Å². The molecule has 9 heteroatoms. The number of carbonyl (C=O) groups is 2. The number of rotatable bonds is 5. The van der Waals surface area contributed by atoms with Crippen LogP contribution in [0.4, 0.5) is 10.1 Å². The number of likely N-dealkylation sites (tertiary alicyclic amines) is 1. The Morgan fingerprint density at radius 2 is 1.79 bits per heavy atom. The van der Waals surface area contributed by atoms with Crippen LogP contribution in [0, 0.1) is 12.7 Å². The molecule has 2 aromatic heterocycles. The van der Waals surface area contributed by atoms with Gasteiger partial charge in [-0.2, -0.15) is 0 Å². The molecule has 0 unspecified atom stereocenters. The number of nitrogens with one attached hydrogen (secondary N) is 1. The van der Waals surface area contributed by atoms with E-state index in [-0.39, 0.29) is 17.5 Å². The van der Waals surface area contributed by atoms with Crippen LogP contribution in [0.2, 0.25) is 0 Å². The molecular formula is C25H22FN5O2S. The first-order valence-electron chi connectivity index (χ1n) is 11.0. The predicted molar refractivity (Wildman–Crippen MR) is 129 cm³/mol. The van der Waals surface area contributed by atoms with Gasteiger partial charge in [-0.3, -0.25) is 9.59 Å². The summed E-state index contributed by atoms with van der Waals surface area (Å²) >= 11 is 1.47. The van der Waals surface area contributed by atoms with Crippen molar-refractivity contribution in [3.8, 4) is 16.4 Å². The Bertz CT molecular complexity index is 1340. The second-order valence-corrected chi connectivity index (χ2v) is 9.00. The molecule has 0 spiro atoms. The molecule has 5 rings (SSSR count). The first-order chi connectivity index (χ1) is 16.5. The summed E-state index contributed by atoms with van der Waals surface area (Å²) in [5.74, 6) is -0.416. The molecule has 1 fully saturated rings. The highest BCUT2D eigenvalue weighted by Crippen LogP contribution is 2.27. The third kappa shape index (κ3) is 4.22. The minimum absolute atomic E-state index is 0.0233. The van der Waals surface area contributed by atoms with Crippen molar-refractivity contribution in [3.63, 3.8) is 0 Å². The number of hydrogen-bond acceptors (Lipinski definition) is 5. The topological polar surface area (TPSA) is 80.1 Å². The minimum atomic E-state index is -0.493. The van der Waals surface area contributed by atoms with Gasteiger partial charge < -0.3 is 10.2 Å². The molecule has 0 atom stereocenters. The number of anilines is 1. The normalized spacial score (nSPS) is 13.3. The monoisotopic (exact) mass is 475 g/mol. The second kappa shape index (κ2) is 9.18. The summed E-state index contributed by atoms with van der Waals surface area (Å²) in [6.07, 6.45) is 2.02. The standard InChI is InChI=1S/C25H22FN5O2S/c1-16-19(25(33)30-13-2-3-14-30)6-4-7-20(16)27-24(32)22-28-23(21-8-5-15-34-21)31(29-22)18-11-9-17(26)10-12-18/h4-12,15H,2-3,13-14H2,1H3,(H,27,32). The van der Waals surface area contributed by atoms with Crippen LogP contribution >= 0.6 is 11.3 Å². The van der Waals surface area contributed by atoms with E-state index in [1.165, 1.54) is 28.2 Å². The maximum absolute atomic E-state index is 13.4. The zero-order valence-corrected chi connectivity index (χ0v) is 19.3. The first kappa shape index (κ1) is 22.0. The van der Waals surface area contributed by atoms with Crippen molar-refractivity contribution < 1.29 is 14.0 Å². The molecule has 0 saturated carbocycles. The van der Waals surface area contributed by atoms with Crippen molar-refractivity contribution in [2.45, 2.75) is 19.8 Å². The van der Waals surface area contributed by atoms with E-state index >= 15 is 0 Å². The van der Waals surface area contributed by atoms with Crippen molar-refractivity contribution >= 4 is 28.8 Å². The first-order valence-corrected chi connectivity index (χ1v) is 11.9. The zero-order chi connectivity index (χ0) is 23.7. The van der Waals surface area contributed by atoms with E-state index in [0.29, 0.717) is 28.3 Å². The summed E-state index contributed by atoms with van der Waals surface area (Å²) in [7, 11) is 0. The largest absolute Gasteiger partial charge is 0.339 e. The third-order valence-corrected chi connectivity index (χ3v) is 6.69. The minimum Gasteiger partial charge on any atom is -0.339 e. The lowest BCUT2D eigenvalue weighted by Crippen LogP contribution is -2.28. The van der Waals surface area contributed by atoms with E-state index in [9.17, 15) is 14.0 Å². The third-order valence-electron chi connectivity index (χ3n) is 5.83. The quantitative estimate of drug-likeness (QED) is 0.444. The Morgan fingerprint density at radius 1 is 1.03 bits per heavy atom. The van der Waals surface area contributed by atoms with Crippen LogP contribution in [0.3, 0.4) is 0 Å². The Balaban J connectivity index is 1.45. The molecule has 172 valence electrons. The van der Waals surface area contributed by atoms with Crippen molar-refractivity contribution in [3.05, 3.63) is 82.7 Å². The van der Waals surface area contributed by atoms with E-state index in [1.54, 1.807) is 30.3 Å². The lowest BCUT2D eigenvalue weighted by molar-refractivity contribution is 0.0791. The molecule has 34 heavy (non-hydrogen) atoms. The number of aromatic nitrogens is 3. The zero-order valence-electron chi connectivity index (χ0n) is 18.5. The van der Waals surface area contributed by atoms with Crippen molar-refractivity contribution in [2.75, 3.05) is 18.4 Å². The van der Waals surface area contributed by atoms with Gasteiger partial charge in [0.05, 0.1) is 10.6 Å². The molecule has 4 aromatic rings. The fourth-order valence-corrected chi connectivity index (χ4v) is 4.71. The fraction of sp³-hybridized carbons (Fsp3) is 0.200. The lowest BCUT2D eigenvalue weighted by Gasteiger charge is -2.18. The van der Waals surface area contributed by atoms with Crippen LogP contribution < -0.4 is 5.32 Å². The summed E-state index contributed by atoms with van der Waals surface area (Å²) in [6, 6.07) is 14.9. The number of carbonyl (C=O) groups excluding carboxylic acids is 2. The number of thiophene rings is 1. The van der Waals surface area contributed by atoms with E-state index in [1.807, 2.05) is 29.3 Å². The van der Waals surface area contributed by atoms with Gasteiger partial charge in [-0.25, -0.2) is 14.1 Å². The highest BCUT2D eigenvalue weighted by Gasteiger charge is 2.24. The molecule has 2 aromatic carbocycles. The van der Waals surface area contributed by atoms with Gasteiger partial charge in [0.15, 0.2) is 5.82 Å². The van der Waals surface area contributed by atoms with E-state index in [4.69, 9.17) is 0 Å². The maximum atomic E-state index is 13.4. The molecule has 0 aliphatic carbocycles. The average molecular weight is 476 g/mol. The van der Waals surface area contributed by atoms with Crippen molar-refractivity contribution in [2.24, 2.45) is 0 Å². The highest BCUT2D eigenvalue weighted by molar-refractivity contribution is 7.13. The SMILES string of the molecule is Cc1c(NC(=O)c2nc(-c3cccs3)n(-c3ccc(F)cc3)n2)cccc1C(=O)N1CCCC1. The van der Waals surface area contributed by atoms with Gasteiger partial charge in [0, 0.05) is 24.3 Å². The maximum Gasteiger partial charge on any atom is 0.295 e. The molecule has 0 radical (unpaired) electrons. The number of benzene rings is 2. The molecule has 2 amide bonds. The number of halogens is 1. The van der Waals surface area contributed by atoms with Crippen LogP contribution in [0.15, 0.2) is 60.0 Å². The Morgan fingerprint density at radius 3 is 2.50 bits per heavy atom. The van der Waals surface area contributed by atoms with Gasteiger partial charge in [-0.15, -0.1) is 16.4 Å². The molecule has 1 N–H and O–H groups in total. The molecular weight excluding hydrogens is 453 g/mol. The van der Waals surface area contributed by atoms with Crippen LogP contribution in [0.25, 0.3) is 16.4 Å². The molecule has 7 nitrogen and oxygen atoms in total. The van der Waals surface area contributed by atoms with E-state index in [0.717, 1.165) is 30.8 Å². The van der Waals surface area contributed by atoms with Crippen molar-refractivity contribution in [1.82, 2.24) is 19.7 Å². The van der Waals surface area contributed by atoms with E-state index < -0.39 is 5.91 Å². The highest BCUT2D eigenvalue weighted by atomic mass is 32.1. The smallest absolute Gasteiger partial charge is 0.295 e. The number of amides is 2. The Kier molecular flexibility index (Phi) is 5.93. The van der Waals surface area contributed by atoms with Gasteiger partial charge in [0.1, 0.15) is 5.82 Å². The second-order valence-electron chi connectivity index (χ2n) is 8.06. The van der Waals surface area contributed by atoms with Crippen LogP contribution in [-0.4, -0.2) is 44.6 Å². The molecule has 3 heterocycles. The van der Waals surface area contributed by atoms with E-state index in [2.05, 4.69) is 15.4 Å². The van der Waals surface area contributed by atoms with Crippen LogP contribution in [-0.2, 0) is 0 Å². The Labute approximate surface area is 199 Å². The molecule has 1 saturated heterocycles. The van der Waals surface area contributed by atoms with Crippen molar-refractivity contribution in [1.29, 1.82) is 0 Å². The summed E-state index contributed by atoms with van der Waals surface area (Å²) in [5.41, 5.74) is 2.39. The summed E-state index contributed by atoms with van der Waals surface area (Å²) < 4.78 is 15.0. The number of hydrogen-bond donors (Lipinski definition) is 1. The lowest BCUT2D eigenvalue weighted by atomic mass is 10.1. The molecule has 1 aliphatic heterocycles. The van der Waals surface area contributed by atoms with Gasteiger partial charge in [0.25, 0.3) is 11.8 Å². The molecule has 1 aliphatic rings. The average Bonchev–Trinajstić information content (AvgIpc) is 3.62. The van der Waals surface area contributed by atoms with Gasteiger partial charge in [-0.05, 0) is 73.2 Å². The summed E-state index contributed by atoms with van der Waals surface area (Å²) in [4.78, 5) is 33.2. The van der Waals surface area contributed by atoms with Crippen LogP contribution in [0.5, 0.6) is 0 Å².